The summed E-state index contributed by atoms with van der Waals surface area (Å²) in [5.74, 6) is 0.573. The van der Waals surface area contributed by atoms with Gasteiger partial charge in [0.15, 0.2) is 0 Å². The number of thiazole rings is 1. The van der Waals surface area contributed by atoms with Crippen molar-refractivity contribution in [3.8, 4) is 16.3 Å². The van der Waals surface area contributed by atoms with Gasteiger partial charge < -0.3 is 10.1 Å². The van der Waals surface area contributed by atoms with Gasteiger partial charge in [0, 0.05) is 27.6 Å². The minimum atomic E-state index is -0.167. The molecule has 6 heteroatoms. The van der Waals surface area contributed by atoms with Crippen molar-refractivity contribution in [2.45, 2.75) is 20.1 Å². The fourth-order valence-electron chi connectivity index (χ4n) is 3.18. The van der Waals surface area contributed by atoms with Crippen molar-refractivity contribution in [1.82, 2.24) is 10.3 Å². The summed E-state index contributed by atoms with van der Waals surface area (Å²) in [6, 6.07) is 23.3. The minimum absolute atomic E-state index is 0.167. The van der Waals surface area contributed by atoms with Crippen molar-refractivity contribution in [2.75, 3.05) is 0 Å². The van der Waals surface area contributed by atoms with Gasteiger partial charge in [-0.25, -0.2) is 4.98 Å². The van der Waals surface area contributed by atoms with Gasteiger partial charge in [0.1, 0.15) is 17.4 Å². The topological polar surface area (TPSA) is 51.2 Å². The number of amides is 1. The van der Waals surface area contributed by atoms with E-state index in [1.165, 1.54) is 11.6 Å². The van der Waals surface area contributed by atoms with Gasteiger partial charge in [-0.05, 0) is 42.3 Å². The van der Waals surface area contributed by atoms with Crippen LogP contribution in [0.4, 0.5) is 0 Å². The lowest BCUT2D eigenvalue weighted by atomic mass is 10.1. The normalized spacial score (nSPS) is 11.0. The zero-order valence-electron chi connectivity index (χ0n) is 18.1. The zero-order valence-corrected chi connectivity index (χ0v) is 19.7. The highest BCUT2D eigenvalue weighted by molar-refractivity contribution is 7.13. The first kappa shape index (κ1) is 22.8. The average molecular weight is 475 g/mol. The summed E-state index contributed by atoms with van der Waals surface area (Å²) in [7, 11) is 0. The van der Waals surface area contributed by atoms with Gasteiger partial charge in [-0.3, -0.25) is 4.79 Å². The van der Waals surface area contributed by atoms with E-state index in [1.807, 2.05) is 66.0 Å². The molecule has 1 aromatic heterocycles. The Morgan fingerprint density at radius 1 is 1.06 bits per heavy atom. The van der Waals surface area contributed by atoms with Gasteiger partial charge in [-0.15, -0.1) is 11.3 Å². The largest absolute Gasteiger partial charge is 0.489 e. The van der Waals surface area contributed by atoms with E-state index < -0.39 is 0 Å². The Hall–Kier alpha value is -3.41. The summed E-state index contributed by atoms with van der Waals surface area (Å²) >= 11 is 7.74. The van der Waals surface area contributed by atoms with Gasteiger partial charge in [-0.2, -0.15) is 0 Å². The summed E-state index contributed by atoms with van der Waals surface area (Å²) in [6.45, 7) is 2.86. The molecule has 4 rings (SSSR count). The van der Waals surface area contributed by atoms with Crippen LogP contribution in [0.25, 0.3) is 16.6 Å². The van der Waals surface area contributed by atoms with Crippen LogP contribution in [0.2, 0.25) is 5.02 Å². The van der Waals surface area contributed by atoms with Crippen LogP contribution in [0, 0.1) is 6.92 Å². The highest BCUT2D eigenvalue weighted by Crippen LogP contribution is 2.26. The first-order chi connectivity index (χ1) is 16.1. The standard InChI is InChI=1S/C27H23ClN2O2S/c1-19-6-2-4-8-24(19)27-30-22(18-33-27)16-29-26(31)15-12-20-10-13-23(14-11-20)32-17-21-7-3-5-9-25(21)28/h2-15,18H,16-17H2,1H3,(H,29,31)/b15-12+. The molecule has 166 valence electrons. The van der Waals surface area contributed by atoms with E-state index in [-0.39, 0.29) is 5.91 Å². The Morgan fingerprint density at radius 3 is 2.61 bits per heavy atom. The second kappa shape index (κ2) is 10.9. The molecule has 1 amide bonds. The van der Waals surface area contributed by atoms with E-state index >= 15 is 0 Å². The van der Waals surface area contributed by atoms with E-state index in [2.05, 4.69) is 29.4 Å². The number of carbonyl (C=O) groups excluding carboxylic acids is 1. The smallest absolute Gasteiger partial charge is 0.244 e. The molecule has 1 heterocycles. The summed E-state index contributed by atoms with van der Waals surface area (Å²) in [6.07, 6.45) is 3.29. The lowest BCUT2D eigenvalue weighted by Crippen LogP contribution is -2.20. The van der Waals surface area contributed by atoms with E-state index in [1.54, 1.807) is 17.4 Å². The highest BCUT2D eigenvalue weighted by Gasteiger charge is 2.07. The predicted octanol–water partition coefficient (Wildman–Crippen LogP) is 6.68. The molecule has 3 aromatic carbocycles. The third-order valence-electron chi connectivity index (χ3n) is 5.03. The molecule has 0 fully saturated rings. The van der Waals surface area contributed by atoms with E-state index in [0.717, 1.165) is 33.1 Å². The van der Waals surface area contributed by atoms with Gasteiger partial charge in [-0.1, -0.05) is 66.2 Å². The SMILES string of the molecule is Cc1ccccc1-c1nc(CNC(=O)/C=C/c2ccc(OCc3ccccc3Cl)cc2)cs1. The van der Waals surface area contributed by atoms with Gasteiger partial charge in [0.05, 0.1) is 12.2 Å². The molecule has 0 saturated carbocycles. The number of nitrogens with one attached hydrogen (secondary N) is 1. The Bertz CT molecular complexity index is 1270. The third-order valence-corrected chi connectivity index (χ3v) is 6.32. The number of hydrogen-bond donors (Lipinski definition) is 1. The number of rotatable bonds is 8. The second-order valence-electron chi connectivity index (χ2n) is 7.46. The summed E-state index contributed by atoms with van der Waals surface area (Å²) < 4.78 is 5.79. The molecule has 4 nitrogen and oxygen atoms in total. The van der Waals surface area contributed by atoms with Crippen LogP contribution in [0.5, 0.6) is 5.75 Å². The number of carbonyl (C=O) groups is 1. The molecule has 0 saturated heterocycles. The maximum atomic E-state index is 12.2. The van der Waals surface area contributed by atoms with E-state index in [4.69, 9.17) is 16.3 Å². The molecule has 1 N–H and O–H groups in total. The molecule has 0 spiro atoms. The van der Waals surface area contributed by atoms with Crippen molar-refractivity contribution < 1.29 is 9.53 Å². The lowest BCUT2D eigenvalue weighted by molar-refractivity contribution is -0.116. The number of halogens is 1. The minimum Gasteiger partial charge on any atom is -0.489 e. The Morgan fingerprint density at radius 2 is 1.82 bits per heavy atom. The molecule has 0 aliphatic heterocycles. The van der Waals surface area contributed by atoms with Crippen LogP contribution in [0.1, 0.15) is 22.4 Å². The van der Waals surface area contributed by atoms with Crippen LogP contribution in [-0.2, 0) is 17.9 Å². The van der Waals surface area contributed by atoms with E-state index in [0.29, 0.717) is 18.2 Å². The Balaban J connectivity index is 1.27. The van der Waals surface area contributed by atoms with Crippen molar-refractivity contribution >= 4 is 34.9 Å². The fraction of sp³-hybridized carbons (Fsp3) is 0.111. The number of hydrogen-bond acceptors (Lipinski definition) is 4. The first-order valence-electron chi connectivity index (χ1n) is 10.5. The van der Waals surface area contributed by atoms with Crippen molar-refractivity contribution in [1.29, 1.82) is 0 Å². The highest BCUT2D eigenvalue weighted by atomic mass is 35.5. The molecule has 0 aliphatic rings. The van der Waals surface area contributed by atoms with Crippen molar-refractivity contribution in [3.05, 3.63) is 112 Å². The Kier molecular flexibility index (Phi) is 7.55. The Labute approximate surface area is 202 Å². The number of ether oxygens (including phenoxy) is 1. The summed E-state index contributed by atoms with van der Waals surface area (Å²) in [5, 5.41) is 6.51. The maximum absolute atomic E-state index is 12.2. The molecule has 4 aromatic rings. The monoisotopic (exact) mass is 474 g/mol. The third kappa shape index (κ3) is 6.31. The molecule has 0 radical (unpaired) electrons. The van der Waals surface area contributed by atoms with Crippen LogP contribution in [0.3, 0.4) is 0 Å². The average Bonchev–Trinajstić information content (AvgIpc) is 3.31. The molecule has 0 aliphatic carbocycles. The number of aromatic nitrogens is 1. The summed E-state index contributed by atoms with van der Waals surface area (Å²) in [4.78, 5) is 16.9. The number of aryl methyl sites for hydroxylation is 1. The van der Waals surface area contributed by atoms with Crippen molar-refractivity contribution in [3.63, 3.8) is 0 Å². The van der Waals surface area contributed by atoms with Crippen LogP contribution in [-0.4, -0.2) is 10.9 Å². The van der Waals surface area contributed by atoms with Crippen molar-refractivity contribution in [2.24, 2.45) is 0 Å². The number of nitrogens with zero attached hydrogens (tertiary/aromatic N) is 1. The predicted molar refractivity (Wildman–Crippen MR) is 135 cm³/mol. The van der Waals surface area contributed by atoms with Crippen LogP contribution < -0.4 is 10.1 Å². The zero-order chi connectivity index (χ0) is 23.0. The second-order valence-corrected chi connectivity index (χ2v) is 8.72. The van der Waals surface area contributed by atoms with Gasteiger partial charge in [0.25, 0.3) is 0 Å². The molecule has 0 unspecified atom stereocenters. The molecule has 0 bridgehead atoms. The van der Waals surface area contributed by atoms with E-state index in [9.17, 15) is 4.79 Å². The van der Waals surface area contributed by atoms with Crippen LogP contribution in [0.15, 0.2) is 84.3 Å². The van der Waals surface area contributed by atoms with Gasteiger partial charge >= 0.3 is 0 Å². The fourth-order valence-corrected chi connectivity index (χ4v) is 4.28. The van der Waals surface area contributed by atoms with Gasteiger partial charge in [0.2, 0.25) is 5.91 Å². The lowest BCUT2D eigenvalue weighted by Gasteiger charge is -2.07. The summed E-state index contributed by atoms with van der Waals surface area (Å²) in [5.41, 5.74) is 5.00. The first-order valence-corrected chi connectivity index (χ1v) is 11.8. The number of benzene rings is 3. The maximum Gasteiger partial charge on any atom is 0.244 e. The molecular weight excluding hydrogens is 452 g/mol. The molecule has 33 heavy (non-hydrogen) atoms. The quantitative estimate of drug-likeness (QED) is 0.290. The molecule has 0 atom stereocenters. The molecular formula is C27H23ClN2O2S. The van der Waals surface area contributed by atoms with Crippen LogP contribution >= 0.6 is 22.9 Å².